The first-order valence-electron chi connectivity index (χ1n) is 5.29. The molecule has 2 aromatic rings. The third-order valence-corrected chi connectivity index (χ3v) is 2.55. The van der Waals surface area contributed by atoms with E-state index in [0.29, 0.717) is 5.82 Å². The third kappa shape index (κ3) is 3.02. The second-order valence-corrected chi connectivity index (χ2v) is 4.21. The Morgan fingerprint density at radius 2 is 2.05 bits per heavy atom. The van der Waals surface area contributed by atoms with Gasteiger partial charge < -0.3 is 15.6 Å². The Hall–Kier alpha value is -2.09. The van der Waals surface area contributed by atoms with Crippen LogP contribution in [0.15, 0.2) is 16.7 Å². The normalized spacial score (nSPS) is 10.5. The molecule has 19 heavy (non-hydrogen) atoms. The summed E-state index contributed by atoms with van der Waals surface area (Å²) in [5, 5.41) is 6.11. The van der Waals surface area contributed by atoms with Crippen LogP contribution in [0.5, 0.6) is 0 Å². The van der Waals surface area contributed by atoms with Crippen LogP contribution in [0.2, 0.25) is 0 Å². The van der Waals surface area contributed by atoms with Crippen LogP contribution in [0.4, 0.5) is 14.5 Å². The number of aryl methyl sites for hydroxylation is 1. The summed E-state index contributed by atoms with van der Waals surface area (Å²) in [7, 11) is 0. The summed E-state index contributed by atoms with van der Waals surface area (Å²) in [6.45, 7) is 1.66. The molecular weight excluding hydrogens is 274 g/mol. The summed E-state index contributed by atoms with van der Waals surface area (Å²) in [5.41, 5.74) is 5.15. The van der Waals surface area contributed by atoms with Crippen molar-refractivity contribution in [2.24, 2.45) is 5.73 Å². The fourth-order valence-corrected chi connectivity index (χ4v) is 1.58. The third-order valence-electron chi connectivity index (χ3n) is 2.31. The number of nitrogens with two attached hydrogens (primary N) is 1. The number of aromatic nitrogens is 2. The van der Waals surface area contributed by atoms with Gasteiger partial charge in [-0.3, -0.25) is 0 Å². The van der Waals surface area contributed by atoms with E-state index in [9.17, 15) is 8.78 Å². The molecule has 5 nitrogen and oxygen atoms in total. The SMILES string of the molecule is Cc1noc(CNc2c(F)cc(C(N)=S)cc2F)n1. The van der Waals surface area contributed by atoms with Gasteiger partial charge in [-0.25, -0.2) is 8.78 Å². The van der Waals surface area contributed by atoms with E-state index in [-0.39, 0.29) is 28.7 Å². The molecule has 8 heteroatoms. The van der Waals surface area contributed by atoms with Gasteiger partial charge in [0.25, 0.3) is 0 Å². The molecule has 3 N–H and O–H groups in total. The van der Waals surface area contributed by atoms with E-state index in [1.807, 2.05) is 0 Å². The number of benzene rings is 1. The van der Waals surface area contributed by atoms with Crippen molar-refractivity contribution in [1.82, 2.24) is 10.1 Å². The van der Waals surface area contributed by atoms with Gasteiger partial charge in [-0.1, -0.05) is 17.4 Å². The standard InChI is InChI=1S/C11H10F2N4OS/c1-5-16-9(18-17-5)4-15-10-7(12)2-6(11(14)19)3-8(10)13/h2-3,15H,4H2,1H3,(H2,14,19). The zero-order valence-electron chi connectivity index (χ0n) is 9.91. The highest BCUT2D eigenvalue weighted by Crippen LogP contribution is 2.21. The second-order valence-electron chi connectivity index (χ2n) is 3.77. The van der Waals surface area contributed by atoms with E-state index >= 15 is 0 Å². The molecule has 1 heterocycles. The van der Waals surface area contributed by atoms with Gasteiger partial charge in [-0.15, -0.1) is 0 Å². The second kappa shape index (κ2) is 5.27. The summed E-state index contributed by atoms with van der Waals surface area (Å²) >= 11 is 4.66. The Morgan fingerprint density at radius 1 is 1.42 bits per heavy atom. The van der Waals surface area contributed by atoms with Crippen LogP contribution in [0.1, 0.15) is 17.3 Å². The van der Waals surface area contributed by atoms with Gasteiger partial charge in [0.2, 0.25) is 5.89 Å². The minimum absolute atomic E-state index is 0.0150. The van der Waals surface area contributed by atoms with Crippen molar-refractivity contribution in [2.45, 2.75) is 13.5 Å². The highest BCUT2D eigenvalue weighted by Gasteiger charge is 2.13. The van der Waals surface area contributed by atoms with Gasteiger partial charge in [0.1, 0.15) is 22.3 Å². The van der Waals surface area contributed by atoms with E-state index in [4.69, 9.17) is 10.3 Å². The van der Waals surface area contributed by atoms with Crippen molar-refractivity contribution < 1.29 is 13.3 Å². The monoisotopic (exact) mass is 284 g/mol. The predicted molar refractivity (Wildman–Crippen MR) is 68.6 cm³/mol. The highest BCUT2D eigenvalue weighted by atomic mass is 32.1. The zero-order chi connectivity index (χ0) is 14.0. The van der Waals surface area contributed by atoms with E-state index < -0.39 is 11.6 Å². The molecule has 0 amide bonds. The Bertz CT molecular complexity index is 606. The molecule has 0 aliphatic rings. The summed E-state index contributed by atoms with van der Waals surface area (Å²) in [6.07, 6.45) is 0. The molecule has 2 rings (SSSR count). The molecule has 1 aromatic heterocycles. The maximum absolute atomic E-state index is 13.7. The van der Waals surface area contributed by atoms with Crippen LogP contribution in [-0.2, 0) is 6.54 Å². The number of hydrogen-bond donors (Lipinski definition) is 2. The lowest BCUT2D eigenvalue weighted by molar-refractivity contribution is 0.379. The Balaban J connectivity index is 2.18. The van der Waals surface area contributed by atoms with Crippen molar-refractivity contribution >= 4 is 22.9 Å². The van der Waals surface area contributed by atoms with Gasteiger partial charge in [-0.05, 0) is 19.1 Å². The van der Waals surface area contributed by atoms with Crippen molar-refractivity contribution in [3.63, 3.8) is 0 Å². The highest BCUT2D eigenvalue weighted by molar-refractivity contribution is 7.80. The summed E-state index contributed by atoms with van der Waals surface area (Å²) in [5.74, 6) is -0.908. The van der Waals surface area contributed by atoms with E-state index in [2.05, 4.69) is 27.7 Å². The number of halogens is 2. The van der Waals surface area contributed by atoms with Crippen LogP contribution in [0.3, 0.4) is 0 Å². The number of anilines is 1. The lowest BCUT2D eigenvalue weighted by Gasteiger charge is -2.08. The lowest BCUT2D eigenvalue weighted by Crippen LogP contribution is -2.12. The van der Waals surface area contributed by atoms with Gasteiger partial charge >= 0.3 is 0 Å². The molecule has 0 fully saturated rings. The smallest absolute Gasteiger partial charge is 0.245 e. The molecule has 0 aliphatic carbocycles. The maximum Gasteiger partial charge on any atom is 0.245 e. The van der Waals surface area contributed by atoms with Crippen LogP contribution in [0, 0.1) is 18.6 Å². The Labute approximate surface area is 112 Å². The quantitative estimate of drug-likeness (QED) is 0.835. The number of hydrogen-bond acceptors (Lipinski definition) is 5. The number of nitrogens with one attached hydrogen (secondary N) is 1. The molecule has 100 valence electrons. The fraction of sp³-hybridized carbons (Fsp3) is 0.182. The summed E-state index contributed by atoms with van der Waals surface area (Å²) in [6, 6.07) is 2.12. The molecular formula is C11H10F2N4OS. The van der Waals surface area contributed by atoms with Crippen LogP contribution >= 0.6 is 12.2 Å². The molecule has 0 spiro atoms. The van der Waals surface area contributed by atoms with Crippen molar-refractivity contribution in [1.29, 1.82) is 0 Å². The van der Waals surface area contributed by atoms with E-state index in [1.54, 1.807) is 6.92 Å². The first-order chi connectivity index (χ1) is 8.97. The van der Waals surface area contributed by atoms with Gasteiger partial charge in [-0.2, -0.15) is 4.98 Å². The topological polar surface area (TPSA) is 77.0 Å². The predicted octanol–water partition coefficient (Wildman–Crippen LogP) is 1.90. The zero-order valence-corrected chi connectivity index (χ0v) is 10.7. The van der Waals surface area contributed by atoms with Gasteiger partial charge in [0.05, 0.1) is 6.54 Å². The van der Waals surface area contributed by atoms with E-state index in [0.717, 1.165) is 12.1 Å². The van der Waals surface area contributed by atoms with Crippen LogP contribution in [0.25, 0.3) is 0 Å². The number of nitrogens with zero attached hydrogens (tertiary/aromatic N) is 2. The van der Waals surface area contributed by atoms with Gasteiger partial charge in [0.15, 0.2) is 5.82 Å². The molecule has 0 atom stereocenters. The average Bonchev–Trinajstić information content (AvgIpc) is 2.73. The number of rotatable bonds is 4. The average molecular weight is 284 g/mol. The minimum atomic E-state index is -0.793. The summed E-state index contributed by atoms with van der Waals surface area (Å²) < 4.78 is 32.2. The summed E-state index contributed by atoms with van der Waals surface area (Å²) in [4.78, 5) is 3.83. The molecule has 0 unspecified atom stereocenters. The first-order valence-corrected chi connectivity index (χ1v) is 5.70. The first kappa shape index (κ1) is 13.3. The Morgan fingerprint density at radius 3 is 2.53 bits per heavy atom. The molecule has 1 aromatic carbocycles. The minimum Gasteiger partial charge on any atom is -0.389 e. The van der Waals surface area contributed by atoms with Crippen molar-refractivity contribution in [2.75, 3.05) is 5.32 Å². The van der Waals surface area contributed by atoms with Crippen LogP contribution in [-0.4, -0.2) is 15.1 Å². The van der Waals surface area contributed by atoms with Crippen molar-refractivity contribution in [3.05, 3.63) is 41.0 Å². The maximum atomic E-state index is 13.7. The molecule has 0 saturated heterocycles. The molecule has 0 aliphatic heterocycles. The Kier molecular flexibility index (Phi) is 3.70. The molecule has 0 saturated carbocycles. The lowest BCUT2D eigenvalue weighted by atomic mass is 10.2. The fourth-order valence-electron chi connectivity index (χ4n) is 1.46. The molecule has 0 bridgehead atoms. The van der Waals surface area contributed by atoms with Crippen LogP contribution < -0.4 is 11.1 Å². The van der Waals surface area contributed by atoms with Gasteiger partial charge in [0, 0.05) is 5.56 Å². The molecule has 0 radical (unpaired) electrons. The largest absolute Gasteiger partial charge is 0.389 e. The van der Waals surface area contributed by atoms with E-state index in [1.165, 1.54) is 0 Å². The van der Waals surface area contributed by atoms with Crippen molar-refractivity contribution in [3.8, 4) is 0 Å². The number of thiocarbonyl (C=S) groups is 1.